The molecule has 0 bridgehead atoms. The minimum absolute atomic E-state index is 0. The summed E-state index contributed by atoms with van der Waals surface area (Å²) in [5, 5.41) is 10.4. The van der Waals surface area contributed by atoms with Gasteiger partial charge in [0.05, 0.1) is 12.2 Å². The highest BCUT2D eigenvalue weighted by atomic mass is 127. The lowest BCUT2D eigenvalue weighted by molar-refractivity contribution is 0.0264. The van der Waals surface area contributed by atoms with Crippen LogP contribution in [0.1, 0.15) is 58.9 Å². The molecule has 0 radical (unpaired) electrons. The zero-order chi connectivity index (χ0) is 19.7. The molecule has 0 aliphatic heterocycles. The molecule has 0 fully saturated rings. The Labute approximate surface area is 179 Å². The van der Waals surface area contributed by atoms with E-state index in [2.05, 4.69) is 34.6 Å². The Morgan fingerprint density at radius 2 is 2.04 bits per heavy atom. The van der Waals surface area contributed by atoms with Crippen molar-refractivity contribution in [1.29, 1.82) is 0 Å². The Bertz CT molecular complexity index is 596. The van der Waals surface area contributed by atoms with Crippen LogP contribution in [0.15, 0.2) is 15.6 Å². The van der Waals surface area contributed by atoms with E-state index >= 15 is 0 Å². The summed E-state index contributed by atoms with van der Waals surface area (Å²) in [6.07, 6.45) is -0.312. The van der Waals surface area contributed by atoms with E-state index in [9.17, 15) is 4.79 Å². The average Bonchev–Trinajstić information content (AvgIpc) is 3.01. The molecule has 1 amide bonds. The highest BCUT2D eigenvalue weighted by molar-refractivity contribution is 14.0. The SMILES string of the molecule is CCN(CCNC(=NC)NCc1cc(C(C)C)no1)C(=O)OC(C)(C)C.I. The van der Waals surface area contributed by atoms with Crippen LogP contribution in [0.25, 0.3) is 0 Å². The standard InChI is InChI=1S/C18H33N5O3.HI/c1-8-23(17(24)25-18(4,5)6)10-9-20-16(19-7)21-12-14-11-15(13(2)3)22-26-14;/h11,13H,8-10,12H2,1-7H3,(H2,19,20,21);1H. The van der Waals surface area contributed by atoms with Crippen LogP contribution in [-0.2, 0) is 11.3 Å². The van der Waals surface area contributed by atoms with Gasteiger partial charge in [0.15, 0.2) is 11.7 Å². The van der Waals surface area contributed by atoms with Gasteiger partial charge in [0.2, 0.25) is 0 Å². The molecule has 0 aromatic carbocycles. The summed E-state index contributed by atoms with van der Waals surface area (Å²) in [5.74, 6) is 1.71. The molecule has 2 N–H and O–H groups in total. The predicted molar refractivity (Wildman–Crippen MR) is 118 cm³/mol. The molecule has 0 atom stereocenters. The number of guanidine groups is 1. The number of carbonyl (C=O) groups is 1. The molecular formula is C18H34IN5O3. The predicted octanol–water partition coefficient (Wildman–Crippen LogP) is 3.34. The second kappa shape index (κ2) is 12.0. The van der Waals surface area contributed by atoms with Gasteiger partial charge in [0, 0.05) is 32.7 Å². The van der Waals surface area contributed by atoms with Gasteiger partial charge in [-0.25, -0.2) is 4.79 Å². The summed E-state index contributed by atoms with van der Waals surface area (Å²) in [4.78, 5) is 17.9. The van der Waals surface area contributed by atoms with Crippen LogP contribution in [0, 0.1) is 0 Å². The maximum atomic E-state index is 12.1. The first-order valence-electron chi connectivity index (χ1n) is 9.04. The number of likely N-dealkylation sites (N-methyl/N-ethyl adjacent to an activating group) is 1. The maximum absolute atomic E-state index is 12.1. The van der Waals surface area contributed by atoms with Crippen molar-refractivity contribution in [2.75, 3.05) is 26.7 Å². The zero-order valence-corrected chi connectivity index (χ0v) is 19.8. The molecule has 0 spiro atoms. The lowest BCUT2D eigenvalue weighted by atomic mass is 10.1. The molecule has 1 rings (SSSR count). The Morgan fingerprint density at radius 3 is 2.52 bits per heavy atom. The van der Waals surface area contributed by atoms with Gasteiger partial charge in [-0.2, -0.15) is 0 Å². The van der Waals surface area contributed by atoms with Gasteiger partial charge in [0.1, 0.15) is 5.60 Å². The molecular weight excluding hydrogens is 461 g/mol. The van der Waals surface area contributed by atoms with E-state index in [4.69, 9.17) is 9.26 Å². The highest BCUT2D eigenvalue weighted by Gasteiger charge is 2.20. The molecule has 0 aliphatic rings. The third-order valence-corrected chi connectivity index (χ3v) is 3.53. The van der Waals surface area contributed by atoms with Crippen molar-refractivity contribution in [3.63, 3.8) is 0 Å². The Hall–Kier alpha value is -1.52. The molecule has 8 nitrogen and oxygen atoms in total. The van der Waals surface area contributed by atoms with Crippen LogP contribution in [0.4, 0.5) is 4.79 Å². The topological polar surface area (TPSA) is 92.0 Å². The summed E-state index contributed by atoms with van der Waals surface area (Å²) in [6, 6.07) is 1.94. The van der Waals surface area contributed by atoms with E-state index in [1.165, 1.54) is 0 Å². The fraction of sp³-hybridized carbons (Fsp3) is 0.722. The summed E-state index contributed by atoms with van der Waals surface area (Å²) in [6.45, 7) is 13.8. The van der Waals surface area contributed by atoms with E-state index < -0.39 is 5.60 Å². The number of nitrogens with one attached hydrogen (secondary N) is 2. The number of hydrogen-bond donors (Lipinski definition) is 2. The molecule has 1 aromatic rings. The monoisotopic (exact) mass is 495 g/mol. The second-order valence-corrected chi connectivity index (χ2v) is 7.29. The minimum Gasteiger partial charge on any atom is -0.444 e. The fourth-order valence-electron chi connectivity index (χ4n) is 2.09. The number of hydrogen-bond acceptors (Lipinski definition) is 5. The number of amides is 1. The third kappa shape index (κ3) is 9.83. The maximum Gasteiger partial charge on any atom is 0.410 e. The van der Waals surface area contributed by atoms with Crippen molar-refractivity contribution in [1.82, 2.24) is 20.7 Å². The minimum atomic E-state index is -0.499. The molecule has 156 valence electrons. The molecule has 0 aliphatic carbocycles. The number of ether oxygens (including phenoxy) is 1. The van der Waals surface area contributed by atoms with Crippen LogP contribution < -0.4 is 10.6 Å². The van der Waals surface area contributed by atoms with Gasteiger partial charge in [-0.1, -0.05) is 19.0 Å². The lowest BCUT2D eigenvalue weighted by Crippen LogP contribution is -2.44. The number of aliphatic imine (C=N–C) groups is 1. The number of nitrogens with zero attached hydrogens (tertiary/aromatic N) is 3. The van der Waals surface area contributed by atoms with Gasteiger partial charge in [-0.05, 0) is 33.6 Å². The van der Waals surface area contributed by atoms with Crippen LogP contribution in [-0.4, -0.2) is 54.4 Å². The molecule has 1 heterocycles. The number of aromatic nitrogens is 1. The Morgan fingerprint density at radius 1 is 1.37 bits per heavy atom. The van der Waals surface area contributed by atoms with Crippen LogP contribution >= 0.6 is 24.0 Å². The lowest BCUT2D eigenvalue weighted by Gasteiger charge is -2.26. The Kier molecular flexibility index (Phi) is 11.4. The normalized spacial score (nSPS) is 11.8. The summed E-state index contributed by atoms with van der Waals surface area (Å²) in [7, 11) is 1.70. The molecule has 0 saturated carbocycles. The van der Waals surface area contributed by atoms with E-state index in [0.717, 1.165) is 11.5 Å². The third-order valence-electron chi connectivity index (χ3n) is 3.53. The van der Waals surface area contributed by atoms with Gasteiger partial charge in [-0.15, -0.1) is 24.0 Å². The number of carbonyl (C=O) groups excluding carboxylic acids is 1. The quantitative estimate of drug-likeness (QED) is 0.343. The average molecular weight is 495 g/mol. The van der Waals surface area contributed by atoms with E-state index in [-0.39, 0.29) is 30.1 Å². The van der Waals surface area contributed by atoms with Crippen LogP contribution in [0.5, 0.6) is 0 Å². The molecule has 1 aromatic heterocycles. The molecule has 0 saturated heterocycles. The second-order valence-electron chi connectivity index (χ2n) is 7.29. The number of halogens is 1. The van der Waals surface area contributed by atoms with Crippen molar-refractivity contribution in [3.8, 4) is 0 Å². The first-order valence-corrected chi connectivity index (χ1v) is 9.04. The van der Waals surface area contributed by atoms with Gasteiger partial charge < -0.3 is 24.8 Å². The Balaban J connectivity index is 0.00000676. The summed E-state index contributed by atoms with van der Waals surface area (Å²) >= 11 is 0. The smallest absolute Gasteiger partial charge is 0.410 e. The summed E-state index contributed by atoms with van der Waals surface area (Å²) < 4.78 is 10.7. The van der Waals surface area contributed by atoms with E-state index in [1.807, 2.05) is 33.8 Å². The van der Waals surface area contributed by atoms with Crippen molar-refractivity contribution < 1.29 is 14.1 Å². The van der Waals surface area contributed by atoms with Crippen molar-refractivity contribution in [2.45, 2.75) is 59.6 Å². The first kappa shape index (κ1) is 25.5. The van der Waals surface area contributed by atoms with Crippen LogP contribution in [0.2, 0.25) is 0 Å². The number of rotatable bonds is 7. The van der Waals surface area contributed by atoms with Gasteiger partial charge in [-0.3, -0.25) is 4.99 Å². The van der Waals surface area contributed by atoms with Gasteiger partial charge >= 0.3 is 6.09 Å². The van der Waals surface area contributed by atoms with Crippen LogP contribution in [0.3, 0.4) is 0 Å². The summed E-state index contributed by atoms with van der Waals surface area (Å²) in [5.41, 5.74) is 0.433. The van der Waals surface area contributed by atoms with Crippen molar-refractivity contribution in [3.05, 3.63) is 17.5 Å². The van der Waals surface area contributed by atoms with E-state index in [1.54, 1.807) is 11.9 Å². The van der Waals surface area contributed by atoms with Crippen molar-refractivity contribution in [2.24, 2.45) is 4.99 Å². The molecule has 27 heavy (non-hydrogen) atoms. The zero-order valence-electron chi connectivity index (χ0n) is 17.5. The molecule has 0 unspecified atom stereocenters. The van der Waals surface area contributed by atoms with Crippen molar-refractivity contribution >= 4 is 36.0 Å². The fourth-order valence-corrected chi connectivity index (χ4v) is 2.09. The molecule has 9 heteroatoms. The van der Waals surface area contributed by atoms with E-state index in [0.29, 0.717) is 38.1 Å². The van der Waals surface area contributed by atoms with Gasteiger partial charge in [0.25, 0.3) is 0 Å². The first-order chi connectivity index (χ1) is 12.2. The highest BCUT2D eigenvalue weighted by Crippen LogP contribution is 2.13. The largest absolute Gasteiger partial charge is 0.444 e.